The SMILES string of the molecule is CC(=O)c1cccc(OC2CCCC(=O)C2)c1. The van der Waals surface area contributed by atoms with Gasteiger partial charge in [-0.2, -0.15) is 0 Å². The van der Waals surface area contributed by atoms with Gasteiger partial charge in [-0.05, 0) is 31.9 Å². The molecule has 1 aliphatic carbocycles. The maximum Gasteiger partial charge on any atom is 0.159 e. The normalized spacial score (nSPS) is 20.1. The van der Waals surface area contributed by atoms with Gasteiger partial charge in [-0.15, -0.1) is 0 Å². The largest absolute Gasteiger partial charge is 0.490 e. The zero-order valence-corrected chi connectivity index (χ0v) is 9.94. The van der Waals surface area contributed by atoms with Crippen LogP contribution in [0, 0.1) is 0 Å². The van der Waals surface area contributed by atoms with E-state index in [-0.39, 0.29) is 17.7 Å². The molecule has 1 aromatic rings. The molecule has 1 aromatic carbocycles. The van der Waals surface area contributed by atoms with Crippen molar-refractivity contribution in [1.82, 2.24) is 0 Å². The van der Waals surface area contributed by atoms with Crippen molar-refractivity contribution in [3.63, 3.8) is 0 Å². The third-order valence-electron chi connectivity index (χ3n) is 2.98. The smallest absolute Gasteiger partial charge is 0.159 e. The first-order chi connectivity index (χ1) is 8.15. The van der Waals surface area contributed by atoms with Crippen LogP contribution < -0.4 is 4.74 Å². The van der Waals surface area contributed by atoms with E-state index in [4.69, 9.17) is 4.74 Å². The average molecular weight is 232 g/mol. The van der Waals surface area contributed by atoms with E-state index in [1.807, 2.05) is 6.07 Å². The molecule has 0 spiro atoms. The zero-order valence-electron chi connectivity index (χ0n) is 9.94. The van der Waals surface area contributed by atoms with E-state index in [0.29, 0.717) is 24.2 Å². The third-order valence-corrected chi connectivity index (χ3v) is 2.98. The van der Waals surface area contributed by atoms with Gasteiger partial charge in [0.2, 0.25) is 0 Å². The lowest BCUT2D eigenvalue weighted by molar-refractivity contribution is -0.122. The van der Waals surface area contributed by atoms with Crippen molar-refractivity contribution < 1.29 is 14.3 Å². The predicted octanol–water partition coefficient (Wildman–Crippen LogP) is 2.78. The molecule has 17 heavy (non-hydrogen) atoms. The number of carbonyl (C=O) groups excluding carboxylic acids is 2. The van der Waals surface area contributed by atoms with Gasteiger partial charge in [-0.1, -0.05) is 12.1 Å². The number of hydrogen-bond donors (Lipinski definition) is 0. The lowest BCUT2D eigenvalue weighted by Gasteiger charge is -2.22. The second kappa shape index (κ2) is 5.13. The molecule has 1 saturated carbocycles. The minimum absolute atomic E-state index is 0.0233. The minimum atomic E-state index is -0.0292. The van der Waals surface area contributed by atoms with Gasteiger partial charge in [0, 0.05) is 18.4 Å². The van der Waals surface area contributed by atoms with E-state index in [1.165, 1.54) is 6.92 Å². The molecule has 0 aliphatic heterocycles. The monoisotopic (exact) mass is 232 g/mol. The number of carbonyl (C=O) groups is 2. The Morgan fingerprint density at radius 3 is 2.94 bits per heavy atom. The summed E-state index contributed by atoms with van der Waals surface area (Å²) in [5.74, 6) is 0.969. The zero-order chi connectivity index (χ0) is 12.3. The van der Waals surface area contributed by atoms with Crippen molar-refractivity contribution in [2.45, 2.75) is 38.7 Å². The maximum atomic E-state index is 11.3. The average Bonchev–Trinajstić information content (AvgIpc) is 2.29. The molecule has 2 rings (SSSR count). The van der Waals surface area contributed by atoms with Crippen LogP contribution in [-0.2, 0) is 4.79 Å². The van der Waals surface area contributed by atoms with E-state index < -0.39 is 0 Å². The summed E-state index contributed by atoms with van der Waals surface area (Å²) in [6, 6.07) is 7.13. The number of Topliss-reactive ketones (excluding diaryl/α,β-unsaturated/α-hetero) is 2. The number of hydrogen-bond acceptors (Lipinski definition) is 3. The molecule has 3 heteroatoms. The van der Waals surface area contributed by atoms with Crippen molar-refractivity contribution in [2.75, 3.05) is 0 Å². The van der Waals surface area contributed by atoms with E-state index in [9.17, 15) is 9.59 Å². The first-order valence-electron chi connectivity index (χ1n) is 5.94. The summed E-state index contributed by atoms with van der Waals surface area (Å²) in [5, 5.41) is 0. The number of rotatable bonds is 3. The fraction of sp³-hybridized carbons (Fsp3) is 0.429. The molecule has 1 unspecified atom stereocenters. The lowest BCUT2D eigenvalue weighted by atomic mass is 9.96. The summed E-state index contributed by atoms with van der Waals surface area (Å²) in [4.78, 5) is 22.5. The topological polar surface area (TPSA) is 43.4 Å². The van der Waals surface area contributed by atoms with Crippen LogP contribution in [0.15, 0.2) is 24.3 Å². The molecule has 0 aromatic heterocycles. The summed E-state index contributed by atoms with van der Waals surface area (Å²) in [5.41, 5.74) is 0.643. The Morgan fingerprint density at radius 2 is 2.24 bits per heavy atom. The first-order valence-corrected chi connectivity index (χ1v) is 5.94. The Labute approximate surface area is 101 Å². The van der Waals surface area contributed by atoms with Gasteiger partial charge in [-0.25, -0.2) is 0 Å². The summed E-state index contributed by atoms with van der Waals surface area (Å²) in [6.45, 7) is 1.53. The highest BCUT2D eigenvalue weighted by molar-refractivity contribution is 5.94. The molecule has 1 atom stereocenters. The van der Waals surface area contributed by atoms with Crippen LogP contribution >= 0.6 is 0 Å². The standard InChI is InChI=1S/C14H16O3/c1-10(15)11-4-2-6-13(8-11)17-14-7-3-5-12(16)9-14/h2,4,6,8,14H,3,5,7,9H2,1H3. The Bertz CT molecular complexity index is 437. The molecule has 1 fully saturated rings. The van der Waals surface area contributed by atoms with E-state index in [2.05, 4.69) is 0 Å². The molecule has 0 N–H and O–H groups in total. The van der Waals surface area contributed by atoms with Crippen molar-refractivity contribution in [2.24, 2.45) is 0 Å². The van der Waals surface area contributed by atoms with Crippen LogP contribution in [0.4, 0.5) is 0 Å². The minimum Gasteiger partial charge on any atom is -0.490 e. The summed E-state index contributed by atoms with van der Waals surface area (Å²) < 4.78 is 5.74. The summed E-state index contributed by atoms with van der Waals surface area (Å²) in [7, 11) is 0. The molecular weight excluding hydrogens is 216 g/mol. The highest BCUT2D eigenvalue weighted by atomic mass is 16.5. The third kappa shape index (κ3) is 3.16. The molecule has 0 heterocycles. The molecule has 0 amide bonds. The van der Waals surface area contributed by atoms with Gasteiger partial charge < -0.3 is 4.74 Å². The molecule has 1 aliphatic rings. The fourth-order valence-electron chi connectivity index (χ4n) is 2.07. The maximum absolute atomic E-state index is 11.3. The van der Waals surface area contributed by atoms with Crippen LogP contribution in [0.5, 0.6) is 5.75 Å². The van der Waals surface area contributed by atoms with E-state index in [0.717, 1.165) is 12.8 Å². The van der Waals surface area contributed by atoms with Gasteiger partial charge >= 0.3 is 0 Å². The Balaban J connectivity index is 2.05. The quantitative estimate of drug-likeness (QED) is 0.752. The van der Waals surface area contributed by atoms with Gasteiger partial charge in [0.25, 0.3) is 0 Å². The lowest BCUT2D eigenvalue weighted by Crippen LogP contribution is -2.25. The molecular formula is C14H16O3. The molecule has 90 valence electrons. The van der Waals surface area contributed by atoms with Gasteiger partial charge in [0.1, 0.15) is 17.6 Å². The summed E-state index contributed by atoms with van der Waals surface area (Å²) >= 11 is 0. The van der Waals surface area contributed by atoms with Gasteiger partial charge in [-0.3, -0.25) is 9.59 Å². The molecule has 0 saturated heterocycles. The fourth-order valence-corrected chi connectivity index (χ4v) is 2.07. The molecule has 0 bridgehead atoms. The van der Waals surface area contributed by atoms with Crippen molar-refractivity contribution in [3.8, 4) is 5.75 Å². The van der Waals surface area contributed by atoms with Crippen molar-refractivity contribution in [1.29, 1.82) is 0 Å². The van der Waals surface area contributed by atoms with Crippen molar-refractivity contribution >= 4 is 11.6 Å². The highest BCUT2D eigenvalue weighted by Gasteiger charge is 2.20. The Hall–Kier alpha value is -1.64. The second-order valence-electron chi connectivity index (χ2n) is 4.46. The van der Waals surface area contributed by atoms with Gasteiger partial charge in [0.05, 0.1) is 0 Å². The summed E-state index contributed by atoms with van der Waals surface area (Å²) in [6.07, 6.45) is 2.95. The molecule has 3 nitrogen and oxygen atoms in total. The Morgan fingerprint density at radius 1 is 1.41 bits per heavy atom. The molecule has 0 radical (unpaired) electrons. The predicted molar refractivity (Wildman–Crippen MR) is 64.3 cm³/mol. The number of ether oxygens (including phenoxy) is 1. The highest BCUT2D eigenvalue weighted by Crippen LogP contribution is 2.22. The van der Waals surface area contributed by atoms with Crippen LogP contribution in [0.1, 0.15) is 43.0 Å². The van der Waals surface area contributed by atoms with Crippen LogP contribution in [0.2, 0.25) is 0 Å². The van der Waals surface area contributed by atoms with E-state index >= 15 is 0 Å². The number of ketones is 2. The van der Waals surface area contributed by atoms with Crippen LogP contribution in [0.25, 0.3) is 0 Å². The van der Waals surface area contributed by atoms with Gasteiger partial charge in [0.15, 0.2) is 5.78 Å². The Kier molecular flexibility index (Phi) is 3.57. The van der Waals surface area contributed by atoms with Crippen molar-refractivity contribution in [3.05, 3.63) is 29.8 Å². The number of benzene rings is 1. The first kappa shape index (κ1) is 11.8. The van der Waals surface area contributed by atoms with Crippen LogP contribution in [-0.4, -0.2) is 17.7 Å². The second-order valence-corrected chi connectivity index (χ2v) is 4.46. The van der Waals surface area contributed by atoms with E-state index in [1.54, 1.807) is 18.2 Å². The van der Waals surface area contributed by atoms with Crippen LogP contribution in [0.3, 0.4) is 0 Å².